The van der Waals surface area contributed by atoms with Gasteiger partial charge in [-0.3, -0.25) is 4.79 Å². The van der Waals surface area contributed by atoms with Crippen LogP contribution in [0.1, 0.15) is 42.7 Å². The number of benzene rings is 2. The van der Waals surface area contributed by atoms with Crippen LogP contribution in [0.25, 0.3) is 0 Å². The summed E-state index contributed by atoms with van der Waals surface area (Å²) in [5.74, 6) is 0.397. The lowest BCUT2D eigenvalue weighted by Crippen LogP contribution is -2.40. The van der Waals surface area contributed by atoms with Crippen LogP contribution in [-0.2, 0) is 16.0 Å². The first-order valence-electron chi connectivity index (χ1n) is 8.65. The van der Waals surface area contributed by atoms with Gasteiger partial charge in [-0.1, -0.05) is 42.5 Å². The Balaban J connectivity index is 1.65. The van der Waals surface area contributed by atoms with Crippen molar-refractivity contribution >= 4 is 5.97 Å². The fourth-order valence-electron chi connectivity index (χ4n) is 4.41. The van der Waals surface area contributed by atoms with Crippen molar-refractivity contribution < 1.29 is 13.9 Å². The van der Waals surface area contributed by atoms with Gasteiger partial charge in [-0.15, -0.1) is 0 Å². The molecule has 1 aliphatic carbocycles. The standard InChI is InChI=1S/C21H21FO2/c22-18-8-6-15(7-9-18)13-21-11-10-17(12-20(23)24-21)19(14-21)16-4-2-1-3-5-16/h1-9,17,19H,10-14H2/t17-,19-,21+/m1/s1. The Morgan fingerprint density at radius 3 is 2.58 bits per heavy atom. The summed E-state index contributed by atoms with van der Waals surface area (Å²) in [5, 5.41) is 0. The van der Waals surface area contributed by atoms with Gasteiger partial charge in [0.1, 0.15) is 11.4 Å². The summed E-state index contributed by atoms with van der Waals surface area (Å²) in [5.41, 5.74) is 1.86. The molecule has 24 heavy (non-hydrogen) atoms. The molecule has 0 aromatic heterocycles. The molecule has 124 valence electrons. The average Bonchev–Trinajstić information content (AvgIpc) is 2.83. The molecule has 3 atom stereocenters. The van der Waals surface area contributed by atoms with E-state index < -0.39 is 5.60 Å². The van der Waals surface area contributed by atoms with Crippen LogP contribution >= 0.6 is 0 Å². The first-order valence-corrected chi connectivity index (χ1v) is 8.65. The van der Waals surface area contributed by atoms with Crippen molar-refractivity contribution in [2.45, 2.75) is 43.6 Å². The summed E-state index contributed by atoms with van der Waals surface area (Å²) in [6.45, 7) is 0. The van der Waals surface area contributed by atoms with Crippen molar-refractivity contribution in [3.05, 3.63) is 71.5 Å². The molecule has 2 nitrogen and oxygen atoms in total. The van der Waals surface area contributed by atoms with E-state index >= 15 is 0 Å². The average molecular weight is 324 g/mol. The second-order valence-corrected chi connectivity index (χ2v) is 7.18. The van der Waals surface area contributed by atoms with Gasteiger partial charge >= 0.3 is 5.97 Å². The third kappa shape index (κ3) is 2.95. The van der Waals surface area contributed by atoms with Gasteiger partial charge in [0.15, 0.2) is 0 Å². The van der Waals surface area contributed by atoms with Gasteiger partial charge < -0.3 is 4.74 Å². The van der Waals surface area contributed by atoms with E-state index in [2.05, 4.69) is 24.3 Å². The van der Waals surface area contributed by atoms with Gasteiger partial charge in [0.25, 0.3) is 0 Å². The molecule has 2 bridgehead atoms. The fourth-order valence-corrected chi connectivity index (χ4v) is 4.41. The highest BCUT2D eigenvalue weighted by atomic mass is 19.1. The molecule has 5 rings (SSSR count). The fraction of sp³-hybridized carbons (Fsp3) is 0.381. The molecule has 1 saturated carbocycles. The Morgan fingerprint density at radius 1 is 1.08 bits per heavy atom. The number of carbonyl (C=O) groups excluding carboxylic acids is 1. The minimum Gasteiger partial charge on any atom is -0.459 e. The smallest absolute Gasteiger partial charge is 0.306 e. The Hall–Kier alpha value is -2.16. The zero-order valence-electron chi connectivity index (χ0n) is 13.6. The molecule has 3 heteroatoms. The lowest BCUT2D eigenvalue weighted by atomic mass is 9.67. The molecule has 3 fully saturated rings. The summed E-state index contributed by atoms with van der Waals surface area (Å²) in [6.07, 6.45) is 3.92. The molecule has 0 radical (unpaired) electrons. The molecule has 2 aliphatic heterocycles. The van der Waals surface area contributed by atoms with Gasteiger partial charge in [-0.25, -0.2) is 4.39 Å². The Kier molecular flexibility index (Phi) is 3.87. The monoisotopic (exact) mass is 324 g/mol. The van der Waals surface area contributed by atoms with Crippen LogP contribution in [0.3, 0.4) is 0 Å². The summed E-state index contributed by atoms with van der Waals surface area (Å²) in [6, 6.07) is 17.0. The third-order valence-corrected chi connectivity index (χ3v) is 5.56. The third-order valence-electron chi connectivity index (χ3n) is 5.56. The van der Waals surface area contributed by atoms with Gasteiger partial charge in [0, 0.05) is 12.8 Å². The van der Waals surface area contributed by atoms with Crippen LogP contribution in [0.2, 0.25) is 0 Å². The summed E-state index contributed by atoms with van der Waals surface area (Å²) < 4.78 is 19.1. The van der Waals surface area contributed by atoms with Gasteiger partial charge in [-0.05, 0) is 54.4 Å². The second-order valence-electron chi connectivity index (χ2n) is 7.18. The van der Waals surface area contributed by atoms with Crippen LogP contribution in [0.5, 0.6) is 0 Å². The van der Waals surface area contributed by atoms with Crippen molar-refractivity contribution in [2.24, 2.45) is 5.92 Å². The lowest BCUT2D eigenvalue weighted by molar-refractivity contribution is -0.158. The number of hydrogen-bond acceptors (Lipinski definition) is 2. The second kappa shape index (κ2) is 6.04. The number of fused-ring (bicyclic) bond motifs is 4. The highest BCUT2D eigenvalue weighted by Crippen LogP contribution is 2.49. The maximum absolute atomic E-state index is 13.2. The first kappa shape index (κ1) is 15.4. The molecule has 0 unspecified atom stereocenters. The van der Waals surface area contributed by atoms with Gasteiger partial charge in [0.05, 0.1) is 0 Å². The highest BCUT2D eigenvalue weighted by Gasteiger charge is 2.48. The van der Waals surface area contributed by atoms with Crippen LogP contribution in [-0.4, -0.2) is 11.6 Å². The first-order chi connectivity index (χ1) is 11.6. The predicted octanol–water partition coefficient (Wildman–Crippen LogP) is 4.64. The van der Waals surface area contributed by atoms with E-state index in [0.717, 1.165) is 24.8 Å². The summed E-state index contributed by atoms with van der Waals surface area (Å²) in [4.78, 5) is 12.3. The van der Waals surface area contributed by atoms with Crippen molar-refractivity contribution in [1.29, 1.82) is 0 Å². The number of ether oxygens (including phenoxy) is 1. The molecule has 0 N–H and O–H groups in total. The number of esters is 1. The topological polar surface area (TPSA) is 26.3 Å². The number of carbonyl (C=O) groups is 1. The van der Waals surface area contributed by atoms with Gasteiger partial charge in [0.2, 0.25) is 0 Å². The van der Waals surface area contributed by atoms with E-state index in [1.807, 2.05) is 6.07 Å². The van der Waals surface area contributed by atoms with Crippen LogP contribution in [0.15, 0.2) is 54.6 Å². The van der Waals surface area contributed by atoms with E-state index in [1.54, 1.807) is 12.1 Å². The van der Waals surface area contributed by atoms with E-state index in [9.17, 15) is 9.18 Å². The van der Waals surface area contributed by atoms with Crippen molar-refractivity contribution in [2.75, 3.05) is 0 Å². The SMILES string of the molecule is O=C1C[C@H]2CC[C@](Cc3ccc(F)cc3)(C[C@@H]2c2ccccc2)O1. The Bertz CT molecular complexity index is 725. The molecule has 0 spiro atoms. The molecular formula is C21H21FO2. The molecular weight excluding hydrogens is 303 g/mol. The minimum atomic E-state index is -0.456. The molecule has 2 heterocycles. The molecule has 2 aromatic carbocycles. The minimum absolute atomic E-state index is 0.0851. The van der Waals surface area contributed by atoms with Crippen molar-refractivity contribution in [3.63, 3.8) is 0 Å². The molecule has 2 aromatic rings. The Morgan fingerprint density at radius 2 is 1.83 bits per heavy atom. The zero-order valence-corrected chi connectivity index (χ0v) is 13.6. The molecule has 2 saturated heterocycles. The molecule has 3 aliphatic rings. The number of rotatable bonds is 3. The normalized spacial score (nSPS) is 29.1. The summed E-state index contributed by atoms with van der Waals surface area (Å²) in [7, 11) is 0. The maximum Gasteiger partial charge on any atom is 0.306 e. The maximum atomic E-state index is 13.2. The van der Waals surface area contributed by atoms with Crippen LogP contribution in [0.4, 0.5) is 4.39 Å². The van der Waals surface area contributed by atoms with Crippen molar-refractivity contribution in [1.82, 2.24) is 0 Å². The van der Waals surface area contributed by atoms with Crippen LogP contribution in [0, 0.1) is 11.7 Å². The van der Waals surface area contributed by atoms with Gasteiger partial charge in [-0.2, -0.15) is 0 Å². The highest BCUT2D eigenvalue weighted by molar-refractivity contribution is 5.71. The zero-order chi connectivity index (χ0) is 16.6. The Labute approximate surface area is 141 Å². The summed E-state index contributed by atoms with van der Waals surface area (Å²) >= 11 is 0. The van der Waals surface area contributed by atoms with E-state index in [0.29, 0.717) is 24.7 Å². The quantitative estimate of drug-likeness (QED) is 0.769. The lowest BCUT2D eigenvalue weighted by Gasteiger charge is -2.40. The number of halogens is 1. The number of hydrogen-bond donors (Lipinski definition) is 0. The van der Waals surface area contributed by atoms with Crippen LogP contribution < -0.4 is 0 Å². The molecule has 0 amide bonds. The predicted molar refractivity (Wildman–Crippen MR) is 90.1 cm³/mol. The van der Waals surface area contributed by atoms with E-state index in [4.69, 9.17) is 4.74 Å². The van der Waals surface area contributed by atoms with E-state index in [1.165, 1.54) is 17.7 Å². The van der Waals surface area contributed by atoms with Crippen molar-refractivity contribution in [3.8, 4) is 0 Å². The largest absolute Gasteiger partial charge is 0.459 e. The van der Waals surface area contributed by atoms with E-state index in [-0.39, 0.29) is 11.8 Å².